The maximum atomic E-state index is 12.7. The Morgan fingerprint density at radius 1 is 1.33 bits per heavy atom. The van der Waals surface area contributed by atoms with Crippen LogP contribution in [0.3, 0.4) is 0 Å². The van der Waals surface area contributed by atoms with E-state index in [1.807, 2.05) is 0 Å². The van der Waals surface area contributed by atoms with Gasteiger partial charge >= 0.3 is 0 Å². The summed E-state index contributed by atoms with van der Waals surface area (Å²) >= 11 is 0. The SMILES string of the molecule is C[C@@H]1CCCN(S(=O)(=O)CCCOc2ccc(F)cc2)C1. The lowest BCUT2D eigenvalue weighted by atomic mass is 10.0. The van der Waals surface area contributed by atoms with E-state index in [0.29, 0.717) is 37.8 Å². The lowest BCUT2D eigenvalue weighted by Crippen LogP contribution is -2.40. The van der Waals surface area contributed by atoms with Gasteiger partial charge in [-0.2, -0.15) is 0 Å². The molecule has 6 heteroatoms. The van der Waals surface area contributed by atoms with Crippen molar-refractivity contribution in [2.45, 2.75) is 26.2 Å². The van der Waals surface area contributed by atoms with E-state index < -0.39 is 10.0 Å². The molecule has 0 spiro atoms. The predicted octanol–water partition coefficient (Wildman–Crippen LogP) is 2.66. The molecule has 1 fully saturated rings. The molecule has 21 heavy (non-hydrogen) atoms. The second kappa shape index (κ2) is 7.22. The van der Waals surface area contributed by atoms with E-state index in [1.54, 1.807) is 4.31 Å². The first kappa shape index (κ1) is 16.2. The Morgan fingerprint density at radius 3 is 2.71 bits per heavy atom. The Morgan fingerprint density at radius 2 is 2.05 bits per heavy atom. The van der Waals surface area contributed by atoms with Crippen LogP contribution in [0, 0.1) is 11.7 Å². The minimum absolute atomic E-state index is 0.0981. The van der Waals surface area contributed by atoms with Gasteiger partial charge in [-0.1, -0.05) is 6.92 Å². The molecule has 1 saturated heterocycles. The molecule has 0 aromatic heterocycles. The van der Waals surface area contributed by atoms with Crippen LogP contribution >= 0.6 is 0 Å². The van der Waals surface area contributed by atoms with Gasteiger partial charge in [0.25, 0.3) is 0 Å². The van der Waals surface area contributed by atoms with Gasteiger partial charge in [-0.05, 0) is 49.4 Å². The lowest BCUT2D eigenvalue weighted by molar-refractivity contribution is 0.278. The normalized spacial score (nSPS) is 20.4. The van der Waals surface area contributed by atoms with E-state index in [2.05, 4.69) is 6.92 Å². The fourth-order valence-electron chi connectivity index (χ4n) is 2.49. The second-order valence-corrected chi connectivity index (χ2v) is 7.67. The van der Waals surface area contributed by atoms with Gasteiger partial charge in [0, 0.05) is 13.1 Å². The van der Waals surface area contributed by atoms with Gasteiger partial charge in [0.2, 0.25) is 10.0 Å². The Hall–Kier alpha value is -1.14. The smallest absolute Gasteiger partial charge is 0.214 e. The van der Waals surface area contributed by atoms with Crippen molar-refractivity contribution in [1.82, 2.24) is 4.31 Å². The molecule has 1 aliphatic heterocycles. The van der Waals surface area contributed by atoms with Crippen LogP contribution in [-0.2, 0) is 10.0 Å². The first-order valence-electron chi connectivity index (χ1n) is 7.33. The quantitative estimate of drug-likeness (QED) is 0.758. The molecule has 118 valence electrons. The first-order valence-corrected chi connectivity index (χ1v) is 8.94. The molecular weight excluding hydrogens is 293 g/mol. The molecule has 0 amide bonds. The highest BCUT2D eigenvalue weighted by Crippen LogP contribution is 2.19. The van der Waals surface area contributed by atoms with Gasteiger partial charge in [-0.3, -0.25) is 0 Å². The molecule has 1 aromatic carbocycles. The third-order valence-electron chi connectivity index (χ3n) is 3.64. The van der Waals surface area contributed by atoms with E-state index in [0.717, 1.165) is 12.8 Å². The molecule has 2 rings (SSSR count). The van der Waals surface area contributed by atoms with Crippen LogP contribution in [0.1, 0.15) is 26.2 Å². The summed E-state index contributed by atoms with van der Waals surface area (Å²) in [6.07, 6.45) is 2.47. The molecular formula is C15H22FNO3S. The van der Waals surface area contributed by atoms with Gasteiger partial charge in [0.15, 0.2) is 0 Å². The van der Waals surface area contributed by atoms with Crippen LogP contribution in [0.5, 0.6) is 5.75 Å². The van der Waals surface area contributed by atoms with Crippen molar-refractivity contribution in [3.05, 3.63) is 30.1 Å². The summed E-state index contributed by atoms with van der Waals surface area (Å²) in [5, 5.41) is 0. The molecule has 0 radical (unpaired) electrons. The fraction of sp³-hybridized carbons (Fsp3) is 0.600. The molecule has 0 aliphatic carbocycles. The Labute approximate surface area is 126 Å². The van der Waals surface area contributed by atoms with Gasteiger partial charge in [-0.25, -0.2) is 17.1 Å². The summed E-state index contributed by atoms with van der Waals surface area (Å²) in [5.41, 5.74) is 0. The summed E-state index contributed by atoms with van der Waals surface area (Å²) in [4.78, 5) is 0. The number of halogens is 1. The van der Waals surface area contributed by atoms with Crippen molar-refractivity contribution in [1.29, 1.82) is 0 Å². The first-order chi connectivity index (χ1) is 9.97. The number of hydrogen-bond acceptors (Lipinski definition) is 3. The van der Waals surface area contributed by atoms with Crippen LogP contribution < -0.4 is 4.74 Å². The topological polar surface area (TPSA) is 46.6 Å². The largest absolute Gasteiger partial charge is 0.494 e. The average Bonchev–Trinajstić information content (AvgIpc) is 2.45. The summed E-state index contributed by atoms with van der Waals surface area (Å²) in [7, 11) is -3.18. The Kier molecular flexibility index (Phi) is 5.58. The number of sulfonamides is 1. The number of ether oxygens (including phenoxy) is 1. The van der Waals surface area contributed by atoms with Gasteiger partial charge < -0.3 is 4.74 Å². The monoisotopic (exact) mass is 315 g/mol. The van der Waals surface area contributed by atoms with Crippen molar-refractivity contribution in [3.8, 4) is 5.75 Å². The molecule has 0 bridgehead atoms. The van der Waals surface area contributed by atoms with E-state index in [9.17, 15) is 12.8 Å². The van der Waals surface area contributed by atoms with Crippen LogP contribution in [0.15, 0.2) is 24.3 Å². The summed E-state index contributed by atoms with van der Waals surface area (Å²) in [6.45, 7) is 3.65. The summed E-state index contributed by atoms with van der Waals surface area (Å²) in [5.74, 6) is 0.773. The molecule has 1 aromatic rings. The lowest BCUT2D eigenvalue weighted by Gasteiger charge is -2.30. The molecule has 1 aliphatic rings. The zero-order valence-electron chi connectivity index (χ0n) is 12.3. The van der Waals surface area contributed by atoms with Gasteiger partial charge in [0.05, 0.1) is 12.4 Å². The van der Waals surface area contributed by atoms with E-state index >= 15 is 0 Å². The van der Waals surface area contributed by atoms with Gasteiger partial charge in [-0.15, -0.1) is 0 Å². The number of rotatable bonds is 6. The predicted molar refractivity (Wildman–Crippen MR) is 80.3 cm³/mol. The maximum absolute atomic E-state index is 12.7. The van der Waals surface area contributed by atoms with Crippen LogP contribution in [0.4, 0.5) is 4.39 Å². The molecule has 1 heterocycles. The molecule has 0 saturated carbocycles. The average molecular weight is 315 g/mol. The van der Waals surface area contributed by atoms with Crippen molar-refractivity contribution in [2.24, 2.45) is 5.92 Å². The van der Waals surface area contributed by atoms with E-state index in [4.69, 9.17) is 4.74 Å². The third kappa shape index (κ3) is 4.97. The minimum Gasteiger partial charge on any atom is -0.494 e. The Balaban J connectivity index is 1.75. The van der Waals surface area contributed by atoms with Crippen LogP contribution in [-0.4, -0.2) is 38.2 Å². The van der Waals surface area contributed by atoms with Crippen molar-refractivity contribution in [2.75, 3.05) is 25.4 Å². The minimum atomic E-state index is -3.18. The summed E-state index contributed by atoms with van der Waals surface area (Å²) < 4.78 is 44.2. The summed E-state index contributed by atoms with van der Waals surface area (Å²) in [6, 6.07) is 5.72. The van der Waals surface area contributed by atoms with Crippen LogP contribution in [0.25, 0.3) is 0 Å². The third-order valence-corrected chi connectivity index (χ3v) is 5.57. The van der Waals surface area contributed by atoms with Gasteiger partial charge in [0.1, 0.15) is 11.6 Å². The van der Waals surface area contributed by atoms with E-state index in [-0.39, 0.29) is 11.6 Å². The molecule has 0 N–H and O–H groups in total. The molecule has 1 atom stereocenters. The van der Waals surface area contributed by atoms with Crippen molar-refractivity contribution in [3.63, 3.8) is 0 Å². The highest BCUT2D eigenvalue weighted by Gasteiger charge is 2.26. The number of hydrogen-bond donors (Lipinski definition) is 0. The highest BCUT2D eigenvalue weighted by atomic mass is 32.2. The number of benzene rings is 1. The van der Waals surface area contributed by atoms with Crippen molar-refractivity contribution < 1.29 is 17.5 Å². The number of nitrogens with zero attached hydrogens (tertiary/aromatic N) is 1. The highest BCUT2D eigenvalue weighted by molar-refractivity contribution is 7.89. The fourth-order valence-corrected chi connectivity index (χ4v) is 4.12. The van der Waals surface area contributed by atoms with E-state index in [1.165, 1.54) is 24.3 Å². The molecule has 0 unspecified atom stereocenters. The standard InChI is InChI=1S/C15H22FNO3S/c1-13-4-2-9-17(12-13)21(18,19)11-3-10-20-15-7-5-14(16)6-8-15/h5-8,13H,2-4,9-12H2,1H3/t13-/m1/s1. The zero-order chi connectivity index (χ0) is 15.3. The Bertz CT molecular complexity index is 545. The zero-order valence-corrected chi connectivity index (χ0v) is 13.1. The molecule has 4 nitrogen and oxygen atoms in total. The second-order valence-electron chi connectivity index (χ2n) is 5.58. The number of piperidine rings is 1. The van der Waals surface area contributed by atoms with Crippen LogP contribution in [0.2, 0.25) is 0 Å². The van der Waals surface area contributed by atoms with Crippen molar-refractivity contribution >= 4 is 10.0 Å². The maximum Gasteiger partial charge on any atom is 0.214 e.